The summed E-state index contributed by atoms with van der Waals surface area (Å²) in [6.07, 6.45) is 0. The van der Waals surface area contributed by atoms with Crippen LogP contribution in [0.25, 0.3) is 0 Å². The van der Waals surface area contributed by atoms with Crippen molar-refractivity contribution in [2.24, 2.45) is 0 Å². The zero-order valence-electron chi connectivity index (χ0n) is 25.5. The van der Waals surface area contributed by atoms with Crippen LogP contribution in [0.3, 0.4) is 0 Å². The first-order valence-corrected chi connectivity index (χ1v) is 24.5. The third-order valence-electron chi connectivity index (χ3n) is 11.7. The Kier molecular flexibility index (Phi) is 8.03. The van der Waals surface area contributed by atoms with Gasteiger partial charge in [-0.3, -0.25) is 0 Å². The van der Waals surface area contributed by atoms with E-state index < -0.39 is 60.3 Å². The fourth-order valence-electron chi connectivity index (χ4n) is 7.74. The molecule has 0 amide bonds. The molecule has 2 aromatic rings. The molecule has 4 rings (SSSR count). The SMILES string of the molecule is CC1=C(C)C(C)([Si](C)(C)c2ccccc2)[C]([Ba][C]2=C(C)C(C)=C(C)C2(C)[Si](C)(C)c2ccccc2)=C1C. The Bertz CT molecular complexity index is 1250. The van der Waals surface area contributed by atoms with E-state index in [1.165, 1.54) is 0 Å². The van der Waals surface area contributed by atoms with Gasteiger partial charge in [-0.1, -0.05) is 0 Å². The van der Waals surface area contributed by atoms with Crippen LogP contribution in [-0.4, -0.2) is 60.3 Å². The van der Waals surface area contributed by atoms with Gasteiger partial charge in [-0.05, 0) is 0 Å². The molecule has 0 aliphatic heterocycles. The van der Waals surface area contributed by atoms with Crippen molar-refractivity contribution in [3.63, 3.8) is 0 Å². The third-order valence-corrected chi connectivity index (χ3v) is 33.8. The van der Waals surface area contributed by atoms with E-state index in [4.69, 9.17) is 0 Å². The first-order chi connectivity index (χ1) is 17.1. The molecule has 2 aliphatic rings. The van der Waals surface area contributed by atoms with Crippen LogP contribution in [0.5, 0.6) is 0 Å². The summed E-state index contributed by atoms with van der Waals surface area (Å²) in [5, 5.41) is 3.58. The summed E-state index contributed by atoms with van der Waals surface area (Å²) in [6, 6.07) is 23.0. The average molecular weight is 648 g/mol. The first-order valence-electron chi connectivity index (χ1n) is 14.0. The predicted octanol–water partition coefficient (Wildman–Crippen LogP) is 8.69. The molecule has 2 aliphatic carbocycles. The molecule has 37 heavy (non-hydrogen) atoms. The van der Waals surface area contributed by atoms with Crippen LogP contribution >= 0.6 is 0 Å². The summed E-state index contributed by atoms with van der Waals surface area (Å²) < 4.78 is 3.81. The fourth-order valence-corrected chi connectivity index (χ4v) is 33.0. The molecule has 0 nitrogen and oxygen atoms in total. The maximum absolute atomic E-state index is 2.64. The van der Waals surface area contributed by atoms with Crippen LogP contribution in [-0.2, 0) is 0 Å². The van der Waals surface area contributed by atoms with Gasteiger partial charge in [-0.2, -0.15) is 0 Å². The van der Waals surface area contributed by atoms with Gasteiger partial charge < -0.3 is 0 Å². The summed E-state index contributed by atoms with van der Waals surface area (Å²) in [7, 11) is -3.70. The maximum atomic E-state index is 2.64. The molecule has 0 fully saturated rings. The van der Waals surface area contributed by atoms with Gasteiger partial charge in [0.15, 0.2) is 0 Å². The second-order valence-corrected chi connectivity index (χ2v) is 28.3. The van der Waals surface area contributed by atoms with Crippen LogP contribution in [0.4, 0.5) is 0 Å². The summed E-state index contributed by atoms with van der Waals surface area (Å²) in [5.74, 6) is 0. The number of rotatable bonds is 6. The molecule has 0 aromatic heterocycles. The first kappa shape index (κ1) is 29.4. The van der Waals surface area contributed by atoms with E-state index in [1.807, 2.05) is 0.0821 Å². The van der Waals surface area contributed by atoms with Gasteiger partial charge in [0.05, 0.1) is 0 Å². The average Bonchev–Trinajstić information content (AvgIpc) is 3.17. The van der Waals surface area contributed by atoms with Gasteiger partial charge in [-0.15, -0.1) is 0 Å². The van der Waals surface area contributed by atoms with Crippen molar-refractivity contribution in [3.05, 3.63) is 94.2 Å². The van der Waals surface area contributed by atoms with Crippen molar-refractivity contribution in [2.75, 3.05) is 0 Å². The van der Waals surface area contributed by atoms with E-state index in [0.717, 1.165) is 0 Å². The van der Waals surface area contributed by atoms with Crippen molar-refractivity contribution in [3.8, 4) is 0 Å². The molecule has 2 unspecified atom stereocenters. The second-order valence-electron chi connectivity index (χ2n) is 13.1. The van der Waals surface area contributed by atoms with Gasteiger partial charge in [0.25, 0.3) is 0 Å². The standard InChI is InChI=1S/2C17H23Si.Ba/c2*1-13-12-17(4,15(3)14(13)2)18(5,6)16-10-8-7-9-11-16;/h2*7-11H,1-6H3;. The molecular formula is C34H46BaSi2. The van der Waals surface area contributed by atoms with Crippen molar-refractivity contribution in [1.82, 2.24) is 0 Å². The number of allylic oxidation sites excluding steroid dienone is 8. The zero-order chi connectivity index (χ0) is 27.6. The van der Waals surface area contributed by atoms with Gasteiger partial charge in [-0.25, -0.2) is 0 Å². The molecule has 0 spiro atoms. The Morgan fingerprint density at radius 2 is 0.784 bits per heavy atom. The molecule has 0 radical (unpaired) electrons. The van der Waals surface area contributed by atoms with E-state index in [0.29, 0.717) is 0 Å². The second kappa shape index (κ2) is 10.1. The van der Waals surface area contributed by atoms with Crippen molar-refractivity contribution in [2.45, 2.75) is 91.7 Å². The monoisotopic (exact) mass is 648 g/mol. The van der Waals surface area contributed by atoms with Crippen molar-refractivity contribution >= 4 is 70.7 Å². The van der Waals surface area contributed by atoms with Crippen LogP contribution in [0.15, 0.2) is 94.2 Å². The minimum atomic E-state index is -1.85. The predicted molar refractivity (Wildman–Crippen MR) is 172 cm³/mol. The molecule has 192 valence electrons. The Morgan fingerprint density at radius 3 is 1.08 bits per heavy atom. The van der Waals surface area contributed by atoms with E-state index in [2.05, 4.69) is 142 Å². The number of benzene rings is 2. The topological polar surface area (TPSA) is 0 Å². The van der Waals surface area contributed by atoms with E-state index in [9.17, 15) is 0 Å². The van der Waals surface area contributed by atoms with Crippen molar-refractivity contribution in [1.29, 1.82) is 0 Å². The Morgan fingerprint density at radius 1 is 0.486 bits per heavy atom. The normalized spacial score (nSPS) is 25.0. The van der Waals surface area contributed by atoms with Crippen LogP contribution < -0.4 is 10.4 Å². The van der Waals surface area contributed by atoms with Crippen LogP contribution in [0.1, 0.15) is 55.4 Å². The minimum absolute atomic E-state index is 0.196. The van der Waals surface area contributed by atoms with Crippen molar-refractivity contribution < 1.29 is 0 Å². The van der Waals surface area contributed by atoms with Crippen LogP contribution in [0.2, 0.25) is 36.3 Å². The molecule has 0 bridgehead atoms. The van der Waals surface area contributed by atoms with Gasteiger partial charge in [0, 0.05) is 0 Å². The summed E-state index contributed by atoms with van der Waals surface area (Å²) in [5.41, 5.74) is 9.74. The zero-order valence-corrected chi connectivity index (χ0v) is 31.9. The molecule has 2 atom stereocenters. The van der Waals surface area contributed by atoms with E-state index in [1.54, 1.807) is 43.8 Å². The van der Waals surface area contributed by atoms with Gasteiger partial charge in [0.2, 0.25) is 0 Å². The number of hydrogen-bond donors (Lipinski definition) is 0. The van der Waals surface area contributed by atoms with E-state index >= 15 is 0 Å². The molecule has 2 aromatic carbocycles. The molecule has 0 N–H and O–H groups in total. The molecule has 0 saturated carbocycles. The van der Waals surface area contributed by atoms with Gasteiger partial charge >= 0.3 is 257 Å². The molecule has 0 saturated heterocycles. The summed E-state index contributed by atoms with van der Waals surface area (Å²) in [4.78, 5) is 0. The quantitative estimate of drug-likeness (QED) is 0.275. The Labute approximate surface area is 253 Å². The van der Waals surface area contributed by atoms with Gasteiger partial charge in [0.1, 0.15) is 0 Å². The third kappa shape index (κ3) is 4.16. The summed E-state index contributed by atoms with van der Waals surface area (Å²) >= 11 is -1.75. The fraction of sp³-hybridized carbons (Fsp3) is 0.412. The van der Waals surface area contributed by atoms with E-state index in [-0.39, 0.29) is 10.1 Å². The summed E-state index contributed by atoms with van der Waals surface area (Å²) in [6.45, 7) is 30.5. The Balaban J connectivity index is 1.90. The Hall–Kier alpha value is -0.595. The molecule has 0 heterocycles. The molecule has 3 heteroatoms. The molecular weight excluding hydrogens is 602 g/mol. The van der Waals surface area contributed by atoms with Crippen LogP contribution in [0, 0.1) is 0 Å². The number of hydrogen-bond acceptors (Lipinski definition) is 0.